The van der Waals surface area contributed by atoms with Crippen molar-refractivity contribution in [3.63, 3.8) is 0 Å². The van der Waals surface area contributed by atoms with Gasteiger partial charge in [-0.05, 0) is 12.5 Å². The lowest BCUT2D eigenvalue weighted by Gasteiger charge is -2.31. The van der Waals surface area contributed by atoms with Crippen molar-refractivity contribution in [1.82, 2.24) is 4.90 Å². The van der Waals surface area contributed by atoms with Gasteiger partial charge in [0, 0.05) is 6.54 Å². The predicted octanol–water partition coefficient (Wildman–Crippen LogP) is 1.38. The fraction of sp³-hybridized carbons (Fsp3) is 0.333. The minimum atomic E-state index is 0.812. The smallest absolute Gasteiger partial charge is 0.124 e. The number of amidine groups is 1. The fourth-order valence-corrected chi connectivity index (χ4v) is 1.13. The van der Waals surface area contributed by atoms with Crippen LogP contribution in [0, 0.1) is 6.54 Å². The number of hydrogen-bond acceptors (Lipinski definition) is 2. The maximum absolute atomic E-state index is 4.38. The van der Waals surface area contributed by atoms with E-state index in [1.807, 2.05) is 12.2 Å². The molecule has 1 radical (unpaired) electrons. The van der Waals surface area contributed by atoms with E-state index < -0.39 is 0 Å². The lowest BCUT2D eigenvalue weighted by atomic mass is 10.2. The van der Waals surface area contributed by atoms with Gasteiger partial charge in [0.05, 0.1) is 13.1 Å². The molecule has 0 amide bonds. The number of rotatable bonds is 0. The quantitative estimate of drug-likeness (QED) is 0.505. The molecule has 2 aliphatic rings. The molecular weight excluding hydrogens is 136 g/mol. The number of likely N-dealkylation sites (tertiary alicyclic amines) is 1. The van der Waals surface area contributed by atoms with Crippen LogP contribution in [0.2, 0.25) is 0 Å². The zero-order valence-electron chi connectivity index (χ0n) is 6.40. The van der Waals surface area contributed by atoms with Crippen LogP contribution in [-0.2, 0) is 0 Å². The van der Waals surface area contributed by atoms with E-state index in [0.29, 0.717) is 0 Å². The molecule has 2 nitrogen and oxygen atoms in total. The highest BCUT2D eigenvalue weighted by atomic mass is 15.2. The Hall–Kier alpha value is -1.05. The Morgan fingerprint density at radius 2 is 2.27 bits per heavy atom. The Bertz CT molecular complexity index is 222. The zero-order chi connectivity index (χ0) is 7.52. The molecule has 0 saturated carbocycles. The van der Waals surface area contributed by atoms with E-state index >= 15 is 0 Å². The molecule has 0 aromatic rings. The molecule has 2 heteroatoms. The number of allylic oxidation sites excluding steroid dienone is 2. The average Bonchev–Trinajstić information content (AvgIpc) is 2.12. The largest absolute Gasteiger partial charge is 0.352 e. The summed E-state index contributed by atoms with van der Waals surface area (Å²) in [6.45, 7) is 4.12. The van der Waals surface area contributed by atoms with Gasteiger partial charge in [-0.3, -0.25) is 4.99 Å². The lowest BCUT2D eigenvalue weighted by Crippen LogP contribution is -2.36. The van der Waals surface area contributed by atoms with Crippen molar-refractivity contribution in [2.45, 2.75) is 6.42 Å². The Labute approximate surface area is 66.9 Å². The highest BCUT2D eigenvalue weighted by Crippen LogP contribution is 2.13. The van der Waals surface area contributed by atoms with Crippen LogP contribution < -0.4 is 0 Å². The van der Waals surface area contributed by atoms with Gasteiger partial charge in [-0.2, -0.15) is 0 Å². The van der Waals surface area contributed by atoms with E-state index in [2.05, 4.69) is 28.6 Å². The summed E-state index contributed by atoms with van der Waals surface area (Å²) in [5, 5.41) is 0. The zero-order valence-corrected chi connectivity index (χ0v) is 6.40. The summed E-state index contributed by atoms with van der Waals surface area (Å²) in [6, 6.07) is 0. The van der Waals surface area contributed by atoms with Crippen LogP contribution in [0.4, 0.5) is 0 Å². The van der Waals surface area contributed by atoms with Crippen molar-refractivity contribution in [1.29, 1.82) is 0 Å². The maximum Gasteiger partial charge on any atom is 0.124 e. The highest BCUT2D eigenvalue weighted by Gasteiger charge is 2.16. The van der Waals surface area contributed by atoms with Gasteiger partial charge in [0.1, 0.15) is 5.84 Å². The molecule has 2 aliphatic heterocycles. The summed E-state index contributed by atoms with van der Waals surface area (Å²) >= 11 is 0. The molecule has 0 N–H and O–H groups in total. The van der Waals surface area contributed by atoms with Gasteiger partial charge in [0.2, 0.25) is 0 Å². The second kappa shape index (κ2) is 2.91. The van der Waals surface area contributed by atoms with Gasteiger partial charge in [0.25, 0.3) is 0 Å². The molecule has 11 heavy (non-hydrogen) atoms. The first-order chi connectivity index (χ1) is 5.47. The molecule has 0 unspecified atom stereocenters. The van der Waals surface area contributed by atoms with E-state index in [-0.39, 0.29) is 0 Å². The summed E-state index contributed by atoms with van der Waals surface area (Å²) in [7, 11) is 0. The number of nitrogens with zero attached hydrogens (tertiary/aromatic N) is 2. The minimum Gasteiger partial charge on any atom is -0.352 e. The molecule has 0 aromatic heterocycles. The summed E-state index contributed by atoms with van der Waals surface area (Å²) in [5.74, 6) is 1.10. The monoisotopic (exact) mass is 147 g/mol. The van der Waals surface area contributed by atoms with Gasteiger partial charge in [-0.15, -0.1) is 0 Å². The summed E-state index contributed by atoms with van der Waals surface area (Å²) < 4.78 is 0. The van der Waals surface area contributed by atoms with Gasteiger partial charge >= 0.3 is 0 Å². The molecule has 0 atom stereocenters. The van der Waals surface area contributed by atoms with Crippen LogP contribution in [0.1, 0.15) is 6.42 Å². The number of hydrogen-bond donors (Lipinski definition) is 0. The van der Waals surface area contributed by atoms with Crippen molar-refractivity contribution < 1.29 is 0 Å². The molecule has 0 spiro atoms. The third kappa shape index (κ3) is 1.34. The van der Waals surface area contributed by atoms with Crippen molar-refractivity contribution in [3.05, 3.63) is 30.8 Å². The van der Waals surface area contributed by atoms with Gasteiger partial charge in [-0.25, -0.2) is 0 Å². The van der Waals surface area contributed by atoms with E-state index in [1.54, 1.807) is 0 Å². The summed E-state index contributed by atoms with van der Waals surface area (Å²) in [4.78, 5) is 6.57. The molecule has 0 bridgehead atoms. The van der Waals surface area contributed by atoms with Crippen molar-refractivity contribution in [3.8, 4) is 0 Å². The Kier molecular flexibility index (Phi) is 1.76. The SMILES string of the molecule is [CH]1CCN1C1=NCC=CC=C1. The van der Waals surface area contributed by atoms with Crippen LogP contribution >= 0.6 is 0 Å². The minimum absolute atomic E-state index is 0.812. The molecule has 1 saturated heterocycles. The predicted molar refractivity (Wildman–Crippen MR) is 46.2 cm³/mol. The second-order valence-corrected chi connectivity index (χ2v) is 2.65. The van der Waals surface area contributed by atoms with Crippen molar-refractivity contribution in [2.24, 2.45) is 4.99 Å². The third-order valence-electron chi connectivity index (χ3n) is 1.86. The first kappa shape index (κ1) is 6.65. The maximum atomic E-state index is 4.38. The molecule has 57 valence electrons. The van der Waals surface area contributed by atoms with Crippen LogP contribution in [0.15, 0.2) is 29.3 Å². The summed E-state index contributed by atoms with van der Waals surface area (Å²) in [5.41, 5.74) is 0. The molecular formula is C9H11N2. The van der Waals surface area contributed by atoms with Crippen molar-refractivity contribution >= 4 is 5.84 Å². The molecule has 2 rings (SSSR count). The van der Waals surface area contributed by atoms with Crippen LogP contribution in [0.3, 0.4) is 0 Å². The van der Waals surface area contributed by atoms with E-state index in [9.17, 15) is 0 Å². The van der Waals surface area contributed by atoms with Gasteiger partial charge in [-0.1, -0.05) is 18.2 Å². The Morgan fingerprint density at radius 3 is 3.00 bits per heavy atom. The lowest BCUT2D eigenvalue weighted by molar-refractivity contribution is 0.380. The molecule has 1 fully saturated rings. The highest BCUT2D eigenvalue weighted by molar-refractivity contribution is 5.94. The molecule has 0 aromatic carbocycles. The van der Waals surface area contributed by atoms with Crippen LogP contribution in [0.5, 0.6) is 0 Å². The van der Waals surface area contributed by atoms with Gasteiger partial charge in [0.15, 0.2) is 0 Å². The fourth-order valence-electron chi connectivity index (χ4n) is 1.13. The van der Waals surface area contributed by atoms with Crippen molar-refractivity contribution in [2.75, 3.05) is 13.1 Å². The summed E-state index contributed by atoms with van der Waals surface area (Å²) in [6.07, 6.45) is 9.39. The second-order valence-electron chi connectivity index (χ2n) is 2.65. The number of aliphatic imine (C=N–C) groups is 1. The van der Waals surface area contributed by atoms with E-state index in [1.165, 1.54) is 6.42 Å². The first-order valence-corrected chi connectivity index (χ1v) is 3.94. The average molecular weight is 147 g/mol. The van der Waals surface area contributed by atoms with Crippen LogP contribution in [-0.4, -0.2) is 23.8 Å². The normalized spacial score (nSPS) is 22.5. The van der Waals surface area contributed by atoms with Crippen LogP contribution in [0.25, 0.3) is 0 Å². The molecule has 0 aliphatic carbocycles. The Morgan fingerprint density at radius 1 is 1.36 bits per heavy atom. The Balaban J connectivity index is 2.06. The molecule has 2 heterocycles. The van der Waals surface area contributed by atoms with E-state index in [4.69, 9.17) is 0 Å². The van der Waals surface area contributed by atoms with E-state index in [0.717, 1.165) is 18.9 Å². The van der Waals surface area contributed by atoms with Gasteiger partial charge < -0.3 is 4.90 Å². The third-order valence-corrected chi connectivity index (χ3v) is 1.86. The topological polar surface area (TPSA) is 15.6 Å². The first-order valence-electron chi connectivity index (χ1n) is 3.94. The standard InChI is InChI=1S/C9H11N2/c1-2-5-9(10-6-3-1)11-7-4-8-11/h1-3,5,7H,4,6,8H2.